The van der Waals surface area contributed by atoms with Crippen LogP contribution >= 0.6 is 0 Å². The van der Waals surface area contributed by atoms with Crippen LogP contribution in [0.2, 0.25) is 0 Å². The number of nitrogens with zero attached hydrogens (tertiary/aromatic N) is 4. The van der Waals surface area contributed by atoms with Gasteiger partial charge in [-0.25, -0.2) is 8.78 Å². The number of benzene rings is 2. The van der Waals surface area contributed by atoms with Crippen LogP contribution in [0.15, 0.2) is 58.5 Å². The Morgan fingerprint density at radius 3 is 1.43 bits per heavy atom. The normalized spacial score (nSPS) is 38.5. The van der Waals surface area contributed by atoms with Gasteiger partial charge in [-0.3, -0.25) is 9.98 Å². The van der Waals surface area contributed by atoms with E-state index >= 15 is 0 Å². The summed E-state index contributed by atoms with van der Waals surface area (Å²) in [6.07, 6.45) is 0.867. The van der Waals surface area contributed by atoms with Crippen molar-refractivity contribution in [1.29, 1.82) is 10.5 Å². The molecule has 4 heterocycles. The molecule has 0 unspecified atom stereocenters. The molecule has 10 heteroatoms. The number of ether oxygens (including phenoxy) is 2. The zero-order chi connectivity index (χ0) is 30.5. The van der Waals surface area contributed by atoms with E-state index < -0.39 is 21.9 Å². The Morgan fingerprint density at radius 1 is 0.738 bits per heavy atom. The van der Waals surface area contributed by atoms with Gasteiger partial charge in [0, 0.05) is 23.0 Å². The van der Waals surface area contributed by atoms with Crippen molar-refractivity contribution in [3.05, 3.63) is 71.3 Å². The summed E-state index contributed by atoms with van der Waals surface area (Å²) >= 11 is 0. The van der Waals surface area contributed by atoms with Crippen LogP contribution in [0.25, 0.3) is 0 Å². The third kappa shape index (κ3) is 4.45. The number of hydrogen-bond acceptors (Lipinski definition) is 8. The number of fused-ring (bicyclic) bond motifs is 2. The molecule has 0 spiro atoms. The number of halogens is 2. The fourth-order valence-electron chi connectivity index (χ4n) is 6.91. The van der Waals surface area contributed by atoms with Gasteiger partial charge in [0.25, 0.3) is 0 Å². The molecule has 0 bridgehead atoms. The molecule has 2 aromatic rings. The highest BCUT2D eigenvalue weighted by Gasteiger charge is 2.58. The summed E-state index contributed by atoms with van der Waals surface area (Å²) in [4.78, 5) is 9.18. The second-order valence-corrected chi connectivity index (χ2v) is 12.3. The van der Waals surface area contributed by atoms with Gasteiger partial charge in [-0.05, 0) is 52.7 Å². The molecule has 0 aliphatic carbocycles. The SMILES string of the molecule is C[C@H]1OC[C@]2(c3ccccc3F)N=C(N)[C@@](C)(C#N)C[C@H]12.C[C@H]1OC[C@]2(c3ccccc3F)N=C(N)[C@](C)(C#N)C[C@H]12. The van der Waals surface area contributed by atoms with Gasteiger partial charge < -0.3 is 20.9 Å². The number of hydrogen-bond donors (Lipinski definition) is 2. The minimum atomic E-state index is -0.818. The van der Waals surface area contributed by atoms with Gasteiger partial charge in [-0.2, -0.15) is 10.5 Å². The fraction of sp³-hybridized carbons (Fsp3) is 0.500. The van der Waals surface area contributed by atoms with Gasteiger partial charge in [-0.15, -0.1) is 0 Å². The molecular formula is C32H36F2N6O2. The van der Waals surface area contributed by atoms with E-state index in [-0.39, 0.29) is 47.3 Å². The molecule has 0 aromatic heterocycles. The lowest BCUT2D eigenvalue weighted by atomic mass is 9.67. The molecule has 0 saturated carbocycles. The highest BCUT2D eigenvalue weighted by molar-refractivity contribution is 5.90. The van der Waals surface area contributed by atoms with Gasteiger partial charge in [0.05, 0.1) is 37.6 Å². The average molecular weight is 575 g/mol. The molecular weight excluding hydrogens is 538 g/mol. The zero-order valence-corrected chi connectivity index (χ0v) is 24.3. The van der Waals surface area contributed by atoms with Crippen LogP contribution in [0.4, 0.5) is 8.78 Å². The summed E-state index contributed by atoms with van der Waals surface area (Å²) in [5.41, 5.74) is 9.83. The molecule has 2 saturated heterocycles. The Hall–Kier alpha value is -3.86. The van der Waals surface area contributed by atoms with Crippen molar-refractivity contribution in [3.8, 4) is 12.1 Å². The largest absolute Gasteiger partial charge is 0.386 e. The summed E-state index contributed by atoms with van der Waals surface area (Å²) in [6.45, 7) is 8.04. The predicted octanol–water partition coefficient (Wildman–Crippen LogP) is 4.69. The van der Waals surface area contributed by atoms with Crippen LogP contribution in [0.1, 0.15) is 51.7 Å². The predicted molar refractivity (Wildman–Crippen MR) is 154 cm³/mol. The molecule has 0 radical (unpaired) electrons. The van der Waals surface area contributed by atoms with Crippen molar-refractivity contribution in [1.82, 2.24) is 0 Å². The van der Waals surface area contributed by atoms with Crippen molar-refractivity contribution in [3.63, 3.8) is 0 Å². The highest BCUT2D eigenvalue weighted by Crippen LogP contribution is 2.53. The average Bonchev–Trinajstić information content (AvgIpc) is 3.46. The first-order chi connectivity index (χ1) is 19.9. The third-order valence-corrected chi connectivity index (χ3v) is 9.69. The molecule has 4 aliphatic heterocycles. The summed E-state index contributed by atoms with van der Waals surface area (Å²) in [5.74, 6) is -0.211. The van der Waals surface area contributed by atoms with Gasteiger partial charge in [0.15, 0.2) is 0 Å². The smallest absolute Gasteiger partial charge is 0.128 e. The second-order valence-electron chi connectivity index (χ2n) is 12.3. The lowest BCUT2D eigenvalue weighted by Gasteiger charge is -2.41. The summed E-state index contributed by atoms with van der Waals surface area (Å²) in [6, 6.07) is 17.7. The minimum Gasteiger partial charge on any atom is -0.386 e. The molecule has 6 rings (SSSR count). The summed E-state index contributed by atoms with van der Waals surface area (Å²) < 4.78 is 40.1. The maximum Gasteiger partial charge on any atom is 0.128 e. The molecule has 4 aliphatic rings. The van der Waals surface area contributed by atoms with Crippen LogP contribution in [0.5, 0.6) is 0 Å². The number of aliphatic imine (C=N–C) groups is 2. The van der Waals surface area contributed by atoms with Gasteiger partial charge in [-0.1, -0.05) is 36.4 Å². The first-order valence-electron chi connectivity index (χ1n) is 14.1. The Labute approximate surface area is 245 Å². The molecule has 8 atom stereocenters. The molecule has 42 heavy (non-hydrogen) atoms. The Kier molecular flexibility index (Phi) is 7.37. The van der Waals surface area contributed by atoms with Crippen molar-refractivity contribution in [2.24, 2.45) is 44.1 Å². The lowest BCUT2D eigenvalue weighted by Crippen LogP contribution is -2.49. The van der Waals surface area contributed by atoms with Gasteiger partial charge in [0.2, 0.25) is 0 Å². The van der Waals surface area contributed by atoms with E-state index in [1.54, 1.807) is 50.2 Å². The fourth-order valence-corrected chi connectivity index (χ4v) is 6.91. The Bertz CT molecular complexity index is 1420. The standard InChI is InChI=1S/2C16H18FN3O/c2*1-10-12-7-15(2,8-18)14(19)20-16(12,9-21-10)11-5-3-4-6-13(11)17/h2*3-6,10,12H,7,9H2,1-2H3,(H2,19,20)/t10-,12-,15+,16-;10-,12-,15-,16-/m11/s1. The monoisotopic (exact) mass is 574 g/mol. The van der Waals surface area contributed by atoms with Crippen LogP contribution in [-0.2, 0) is 20.6 Å². The van der Waals surface area contributed by atoms with E-state index in [9.17, 15) is 19.3 Å². The second kappa shape index (κ2) is 10.4. The first kappa shape index (κ1) is 29.6. The zero-order valence-electron chi connectivity index (χ0n) is 24.3. The summed E-state index contributed by atoms with van der Waals surface area (Å²) in [5, 5.41) is 18.8. The molecule has 0 amide bonds. The minimum absolute atomic E-state index is 0.0636. The van der Waals surface area contributed by atoms with Crippen molar-refractivity contribution in [2.75, 3.05) is 13.2 Å². The number of nitrogens with two attached hydrogens (primary N) is 2. The van der Waals surface area contributed by atoms with Crippen LogP contribution in [0, 0.1) is 57.0 Å². The van der Waals surface area contributed by atoms with Crippen LogP contribution < -0.4 is 11.5 Å². The molecule has 2 aromatic carbocycles. The maximum absolute atomic E-state index is 14.3. The quantitative estimate of drug-likeness (QED) is 0.533. The van der Waals surface area contributed by atoms with Crippen LogP contribution in [-0.4, -0.2) is 37.1 Å². The van der Waals surface area contributed by atoms with E-state index in [0.29, 0.717) is 37.2 Å². The Balaban J connectivity index is 0.000000168. The van der Waals surface area contributed by atoms with E-state index in [1.807, 2.05) is 13.8 Å². The molecule has 4 N–H and O–H groups in total. The summed E-state index contributed by atoms with van der Waals surface area (Å²) in [7, 11) is 0. The molecule has 220 valence electrons. The lowest BCUT2D eigenvalue weighted by molar-refractivity contribution is 0.0995. The van der Waals surface area contributed by atoms with Gasteiger partial charge >= 0.3 is 0 Å². The van der Waals surface area contributed by atoms with Crippen LogP contribution in [0.3, 0.4) is 0 Å². The molecule has 8 nitrogen and oxygen atoms in total. The topological polar surface area (TPSA) is 143 Å². The Morgan fingerprint density at radius 2 is 1.10 bits per heavy atom. The van der Waals surface area contributed by atoms with E-state index in [2.05, 4.69) is 22.1 Å². The van der Waals surface area contributed by atoms with Crippen molar-refractivity contribution in [2.45, 2.75) is 63.8 Å². The third-order valence-electron chi connectivity index (χ3n) is 9.69. The van der Waals surface area contributed by atoms with E-state index in [1.165, 1.54) is 12.1 Å². The van der Waals surface area contributed by atoms with E-state index in [4.69, 9.17) is 20.9 Å². The maximum atomic E-state index is 14.3. The van der Waals surface area contributed by atoms with Gasteiger partial charge in [0.1, 0.15) is 45.2 Å². The number of amidine groups is 2. The van der Waals surface area contributed by atoms with Crippen molar-refractivity contribution < 1.29 is 18.3 Å². The first-order valence-corrected chi connectivity index (χ1v) is 14.1. The molecule has 2 fully saturated rings. The highest BCUT2D eigenvalue weighted by atomic mass is 19.1. The number of rotatable bonds is 2. The van der Waals surface area contributed by atoms with Crippen molar-refractivity contribution >= 4 is 11.7 Å². The van der Waals surface area contributed by atoms with E-state index in [0.717, 1.165) is 0 Å². The number of nitriles is 2.